The zero-order chi connectivity index (χ0) is 18.2. The second kappa shape index (κ2) is 9.74. The van der Waals surface area contributed by atoms with Crippen LogP contribution in [0.4, 0.5) is 0 Å². The number of amides is 3. The van der Waals surface area contributed by atoms with E-state index in [4.69, 9.17) is 15.9 Å². The van der Waals surface area contributed by atoms with Crippen molar-refractivity contribution in [3.8, 4) is 0 Å². The quantitative estimate of drug-likeness (QED) is 0.264. The maximum Gasteiger partial charge on any atom is 0.326 e. The Morgan fingerprint density at radius 2 is 1.61 bits per heavy atom. The highest BCUT2D eigenvalue weighted by Gasteiger charge is 2.25. The number of nitrogens with two attached hydrogens (primary N) is 1. The highest BCUT2D eigenvalue weighted by molar-refractivity contribution is 5.92. The van der Waals surface area contributed by atoms with Crippen molar-refractivity contribution in [2.75, 3.05) is 13.2 Å². The van der Waals surface area contributed by atoms with E-state index in [9.17, 15) is 19.2 Å². The molecule has 0 heterocycles. The Bertz CT molecular complexity index is 452. The van der Waals surface area contributed by atoms with E-state index >= 15 is 0 Å². The summed E-state index contributed by atoms with van der Waals surface area (Å²) in [4.78, 5) is 45.8. The van der Waals surface area contributed by atoms with Crippen LogP contribution < -0.4 is 21.7 Å². The average Bonchev–Trinajstić information content (AvgIpc) is 2.46. The number of nitrogens with one attached hydrogen (secondary N) is 3. The molecule has 0 saturated carbocycles. The third-order valence-electron chi connectivity index (χ3n) is 2.90. The molecule has 0 rings (SSSR count). The Morgan fingerprint density at radius 1 is 1.04 bits per heavy atom. The molecule has 0 aliphatic heterocycles. The molecule has 23 heavy (non-hydrogen) atoms. The fraction of sp³-hybridized carbons (Fsp3) is 0.692. The average molecular weight is 332 g/mol. The lowest BCUT2D eigenvalue weighted by molar-refractivity contribution is -0.143. The maximum atomic E-state index is 11.8. The standard InChI is InChI=1S/C13H24N4O6/c1-6(2)10(13(22)23)17-9(19)4-15-12(21)8(5-18)16-11(20)7(3)14/h6-8,10,18H,4-5,14H2,1-3H3,(H,15,21)(H,16,20)(H,17,19)(H,22,23). The van der Waals surface area contributed by atoms with Gasteiger partial charge in [-0.3, -0.25) is 14.4 Å². The molecule has 0 aliphatic rings. The van der Waals surface area contributed by atoms with Crippen molar-refractivity contribution in [2.24, 2.45) is 11.7 Å². The van der Waals surface area contributed by atoms with Crippen LogP contribution in [0.15, 0.2) is 0 Å². The van der Waals surface area contributed by atoms with Gasteiger partial charge >= 0.3 is 5.97 Å². The highest BCUT2D eigenvalue weighted by atomic mass is 16.4. The van der Waals surface area contributed by atoms with E-state index in [-0.39, 0.29) is 5.92 Å². The number of aliphatic hydroxyl groups excluding tert-OH is 1. The number of aliphatic hydroxyl groups is 1. The van der Waals surface area contributed by atoms with Crippen molar-refractivity contribution in [3.05, 3.63) is 0 Å². The molecule has 7 N–H and O–H groups in total. The minimum atomic E-state index is -1.25. The van der Waals surface area contributed by atoms with Gasteiger partial charge in [0.25, 0.3) is 0 Å². The molecule has 0 aromatic rings. The third-order valence-corrected chi connectivity index (χ3v) is 2.90. The maximum absolute atomic E-state index is 11.8. The minimum Gasteiger partial charge on any atom is -0.480 e. The predicted molar refractivity (Wildman–Crippen MR) is 80.1 cm³/mol. The predicted octanol–water partition coefficient (Wildman–Crippen LogP) is -2.85. The molecule has 0 saturated heterocycles. The fourth-order valence-electron chi connectivity index (χ4n) is 1.53. The second-order valence-electron chi connectivity index (χ2n) is 5.38. The topological polar surface area (TPSA) is 171 Å². The summed E-state index contributed by atoms with van der Waals surface area (Å²) in [5.41, 5.74) is 5.33. The summed E-state index contributed by atoms with van der Waals surface area (Å²) in [5.74, 6) is -3.63. The Morgan fingerprint density at radius 3 is 2.00 bits per heavy atom. The van der Waals surface area contributed by atoms with Gasteiger partial charge in [-0.05, 0) is 12.8 Å². The molecule has 0 aromatic carbocycles. The van der Waals surface area contributed by atoms with Crippen LogP contribution in [0, 0.1) is 5.92 Å². The Hall–Kier alpha value is -2.20. The van der Waals surface area contributed by atoms with Crippen molar-refractivity contribution in [1.29, 1.82) is 0 Å². The van der Waals surface area contributed by atoms with Gasteiger partial charge in [0.15, 0.2) is 0 Å². The molecule has 0 aromatic heterocycles. The number of hydrogen-bond acceptors (Lipinski definition) is 6. The van der Waals surface area contributed by atoms with E-state index in [1.54, 1.807) is 13.8 Å². The van der Waals surface area contributed by atoms with Gasteiger partial charge in [-0.2, -0.15) is 0 Å². The molecule has 132 valence electrons. The second-order valence-corrected chi connectivity index (χ2v) is 5.38. The molecular formula is C13H24N4O6. The first-order valence-electron chi connectivity index (χ1n) is 7.06. The van der Waals surface area contributed by atoms with Gasteiger partial charge in [0.05, 0.1) is 19.2 Å². The Labute approximate surface area is 133 Å². The molecule has 0 spiro atoms. The van der Waals surface area contributed by atoms with Gasteiger partial charge in [-0.25, -0.2) is 4.79 Å². The van der Waals surface area contributed by atoms with Gasteiger partial charge in [0.2, 0.25) is 17.7 Å². The molecule has 10 heteroatoms. The molecule has 0 aliphatic carbocycles. The van der Waals surface area contributed by atoms with Gasteiger partial charge in [-0.15, -0.1) is 0 Å². The lowest BCUT2D eigenvalue weighted by Gasteiger charge is -2.19. The largest absolute Gasteiger partial charge is 0.480 e. The van der Waals surface area contributed by atoms with Crippen LogP contribution in [0.3, 0.4) is 0 Å². The zero-order valence-corrected chi connectivity index (χ0v) is 13.3. The van der Waals surface area contributed by atoms with E-state index in [1.165, 1.54) is 6.92 Å². The van der Waals surface area contributed by atoms with Gasteiger partial charge < -0.3 is 31.9 Å². The molecular weight excluding hydrogens is 308 g/mol. The first-order chi connectivity index (χ1) is 10.6. The highest BCUT2D eigenvalue weighted by Crippen LogP contribution is 2.01. The molecule has 3 atom stereocenters. The molecule has 0 fully saturated rings. The SMILES string of the molecule is CC(N)C(=O)NC(CO)C(=O)NCC(=O)NC(C(=O)O)C(C)C. The first kappa shape index (κ1) is 20.8. The first-order valence-corrected chi connectivity index (χ1v) is 7.06. The summed E-state index contributed by atoms with van der Waals surface area (Å²) in [7, 11) is 0. The van der Waals surface area contributed by atoms with Crippen LogP contribution in [-0.4, -0.2) is 65.2 Å². The molecule has 10 nitrogen and oxygen atoms in total. The van der Waals surface area contributed by atoms with Crippen LogP contribution in [-0.2, 0) is 19.2 Å². The van der Waals surface area contributed by atoms with E-state index < -0.39 is 55.0 Å². The van der Waals surface area contributed by atoms with Crippen LogP contribution in [0.1, 0.15) is 20.8 Å². The Kier molecular flexibility index (Phi) is 8.81. The van der Waals surface area contributed by atoms with E-state index in [0.717, 1.165) is 0 Å². The van der Waals surface area contributed by atoms with E-state index in [2.05, 4.69) is 16.0 Å². The van der Waals surface area contributed by atoms with Crippen molar-refractivity contribution in [1.82, 2.24) is 16.0 Å². The molecule has 3 unspecified atom stereocenters. The number of carboxylic acid groups (broad SMARTS) is 1. The lowest BCUT2D eigenvalue weighted by Crippen LogP contribution is -2.54. The van der Waals surface area contributed by atoms with Gasteiger partial charge in [-0.1, -0.05) is 13.8 Å². The molecule has 3 amide bonds. The van der Waals surface area contributed by atoms with E-state index in [0.29, 0.717) is 0 Å². The van der Waals surface area contributed by atoms with Crippen molar-refractivity contribution in [2.45, 2.75) is 38.9 Å². The number of carbonyl (C=O) groups is 4. The number of rotatable bonds is 9. The van der Waals surface area contributed by atoms with E-state index in [1.807, 2.05) is 0 Å². The summed E-state index contributed by atoms with van der Waals surface area (Å²) < 4.78 is 0. The minimum absolute atomic E-state index is 0.331. The van der Waals surface area contributed by atoms with Crippen LogP contribution in [0.25, 0.3) is 0 Å². The summed E-state index contributed by atoms with van der Waals surface area (Å²) in [6.45, 7) is 3.51. The Balaban J connectivity index is 4.47. The smallest absolute Gasteiger partial charge is 0.326 e. The number of carbonyl (C=O) groups excluding carboxylic acids is 3. The summed E-state index contributed by atoms with van der Waals surface area (Å²) >= 11 is 0. The third kappa shape index (κ3) is 7.56. The summed E-state index contributed by atoms with van der Waals surface area (Å²) in [6.07, 6.45) is 0. The van der Waals surface area contributed by atoms with Crippen molar-refractivity contribution >= 4 is 23.7 Å². The monoisotopic (exact) mass is 332 g/mol. The normalized spacial score (nSPS) is 14.5. The lowest BCUT2D eigenvalue weighted by atomic mass is 10.1. The molecule has 0 radical (unpaired) electrons. The number of hydrogen-bond donors (Lipinski definition) is 6. The molecule has 0 bridgehead atoms. The van der Waals surface area contributed by atoms with Gasteiger partial charge in [0.1, 0.15) is 12.1 Å². The zero-order valence-electron chi connectivity index (χ0n) is 13.3. The van der Waals surface area contributed by atoms with Crippen molar-refractivity contribution in [3.63, 3.8) is 0 Å². The number of aliphatic carboxylic acids is 1. The van der Waals surface area contributed by atoms with Crippen LogP contribution >= 0.6 is 0 Å². The van der Waals surface area contributed by atoms with Crippen molar-refractivity contribution < 1.29 is 29.4 Å². The summed E-state index contributed by atoms with van der Waals surface area (Å²) in [6, 6.07) is -3.19. The van der Waals surface area contributed by atoms with Crippen LogP contribution in [0.2, 0.25) is 0 Å². The van der Waals surface area contributed by atoms with Crippen LogP contribution in [0.5, 0.6) is 0 Å². The summed E-state index contributed by atoms with van der Waals surface area (Å²) in [5, 5.41) is 24.7. The van der Waals surface area contributed by atoms with Gasteiger partial charge in [0, 0.05) is 0 Å². The number of carboxylic acids is 1. The fourth-order valence-corrected chi connectivity index (χ4v) is 1.53.